The second-order valence-corrected chi connectivity index (χ2v) is 3.41. The van der Waals surface area contributed by atoms with Crippen LogP contribution >= 0.6 is 15.9 Å². The molecule has 0 bridgehead atoms. The topological polar surface area (TPSA) is 12.9 Å². The number of aromatic nitrogens is 1. The smallest absolute Gasteiger partial charge is 0.0541 e. The van der Waals surface area contributed by atoms with Gasteiger partial charge in [-0.15, -0.1) is 0 Å². The predicted octanol–water partition coefficient (Wildman–Crippen LogP) is 3.32. The van der Waals surface area contributed by atoms with Crippen LogP contribution in [0.2, 0.25) is 0 Å². The van der Waals surface area contributed by atoms with Crippen molar-refractivity contribution < 1.29 is 0 Å². The highest BCUT2D eigenvalue weighted by Crippen LogP contribution is 2.11. The molecular weight excluding hydrogens is 214 g/mol. The molecule has 1 heterocycles. The highest BCUT2D eigenvalue weighted by molar-refractivity contribution is 9.08. The van der Waals surface area contributed by atoms with E-state index in [0.717, 1.165) is 11.8 Å². The van der Waals surface area contributed by atoms with Gasteiger partial charge in [0.15, 0.2) is 0 Å². The van der Waals surface area contributed by atoms with Crippen LogP contribution < -0.4 is 0 Å². The molecule has 0 unspecified atom stereocenters. The molecule has 1 aromatic heterocycles. The molecule has 1 rings (SSSR count). The van der Waals surface area contributed by atoms with Gasteiger partial charge >= 0.3 is 0 Å². The zero-order chi connectivity index (χ0) is 8.81. The lowest BCUT2D eigenvalue weighted by Crippen LogP contribution is -1.94. The van der Waals surface area contributed by atoms with Gasteiger partial charge < -0.3 is 0 Å². The van der Waals surface area contributed by atoms with E-state index in [4.69, 9.17) is 0 Å². The molecule has 0 saturated carbocycles. The second-order valence-electron chi connectivity index (χ2n) is 2.85. The van der Waals surface area contributed by atoms with Gasteiger partial charge in [-0.1, -0.05) is 35.3 Å². The minimum Gasteiger partial charge on any atom is -0.260 e. The Bertz CT molecular complexity index is 235. The molecule has 0 radical (unpaired) electrons. The van der Waals surface area contributed by atoms with E-state index in [-0.39, 0.29) is 0 Å². The summed E-state index contributed by atoms with van der Waals surface area (Å²) in [7, 11) is 0. The van der Waals surface area contributed by atoms with Crippen LogP contribution in [0.5, 0.6) is 0 Å². The molecule has 0 amide bonds. The summed E-state index contributed by atoms with van der Waals surface area (Å²) in [6.07, 6.45) is 5.51. The minimum absolute atomic E-state index is 0.868. The van der Waals surface area contributed by atoms with Gasteiger partial charge in [-0.3, -0.25) is 4.98 Å². The maximum absolute atomic E-state index is 4.30. The fourth-order valence-electron chi connectivity index (χ4n) is 1.19. The Balaban J connectivity index is 2.68. The van der Waals surface area contributed by atoms with E-state index in [0.29, 0.717) is 0 Å². The Hall–Kier alpha value is -0.370. The Morgan fingerprint density at radius 3 is 3.00 bits per heavy atom. The first-order valence-electron chi connectivity index (χ1n) is 4.37. The van der Waals surface area contributed by atoms with Gasteiger partial charge in [0, 0.05) is 11.5 Å². The van der Waals surface area contributed by atoms with Crippen LogP contribution in [0, 0.1) is 0 Å². The SMILES string of the molecule is CCCCc1cccnc1CBr. The molecule has 0 N–H and O–H groups in total. The van der Waals surface area contributed by atoms with Gasteiger partial charge in [-0.2, -0.15) is 0 Å². The van der Waals surface area contributed by atoms with E-state index in [1.54, 1.807) is 0 Å². The van der Waals surface area contributed by atoms with Crippen molar-refractivity contribution in [2.24, 2.45) is 0 Å². The number of pyridine rings is 1. The van der Waals surface area contributed by atoms with Crippen molar-refractivity contribution in [3.05, 3.63) is 29.6 Å². The Morgan fingerprint density at radius 2 is 2.33 bits per heavy atom. The number of nitrogens with zero attached hydrogens (tertiary/aromatic N) is 1. The quantitative estimate of drug-likeness (QED) is 0.720. The molecule has 0 spiro atoms. The number of halogens is 1. The Labute approximate surface area is 82.3 Å². The maximum atomic E-state index is 4.30. The van der Waals surface area contributed by atoms with Crippen LogP contribution in [-0.4, -0.2) is 4.98 Å². The average molecular weight is 228 g/mol. The lowest BCUT2D eigenvalue weighted by Gasteiger charge is -2.03. The summed E-state index contributed by atoms with van der Waals surface area (Å²) in [5.41, 5.74) is 2.57. The van der Waals surface area contributed by atoms with Crippen molar-refractivity contribution in [3.8, 4) is 0 Å². The molecule has 1 nitrogen and oxygen atoms in total. The lowest BCUT2D eigenvalue weighted by atomic mass is 10.1. The minimum atomic E-state index is 0.868. The second kappa shape index (κ2) is 5.31. The fourth-order valence-corrected chi connectivity index (χ4v) is 1.69. The highest BCUT2D eigenvalue weighted by atomic mass is 79.9. The number of unbranched alkanes of at least 4 members (excludes halogenated alkanes) is 1. The zero-order valence-corrected chi connectivity index (χ0v) is 8.97. The van der Waals surface area contributed by atoms with Crippen molar-refractivity contribution in [1.82, 2.24) is 4.98 Å². The van der Waals surface area contributed by atoms with Gasteiger partial charge in [0.1, 0.15) is 0 Å². The maximum Gasteiger partial charge on any atom is 0.0541 e. The molecule has 12 heavy (non-hydrogen) atoms. The number of rotatable bonds is 4. The van der Waals surface area contributed by atoms with E-state index in [9.17, 15) is 0 Å². The highest BCUT2D eigenvalue weighted by Gasteiger charge is 1.99. The van der Waals surface area contributed by atoms with Gasteiger partial charge in [0.2, 0.25) is 0 Å². The Morgan fingerprint density at radius 1 is 1.50 bits per heavy atom. The van der Waals surface area contributed by atoms with Crippen LogP contribution in [0.25, 0.3) is 0 Å². The number of hydrogen-bond acceptors (Lipinski definition) is 1. The van der Waals surface area contributed by atoms with E-state index >= 15 is 0 Å². The van der Waals surface area contributed by atoms with Gasteiger partial charge in [0.25, 0.3) is 0 Å². The number of aryl methyl sites for hydroxylation is 1. The monoisotopic (exact) mass is 227 g/mol. The van der Waals surface area contributed by atoms with Crippen molar-refractivity contribution in [2.75, 3.05) is 0 Å². The van der Waals surface area contributed by atoms with Gasteiger partial charge in [0.05, 0.1) is 5.69 Å². The summed E-state index contributed by atoms with van der Waals surface area (Å²) in [6, 6.07) is 4.18. The summed E-state index contributed by atoms with van der Waals surface area (Å²) in [5.74, 6) is 0. The predicted molar refractivity (Wildman–Crippen MR) is 55.5 cm³/mol. The van der Waals surface area contributed by atoms with Crippen molar-refractivity contribution in [3.63, 3.8) is 0 Å². The molecular formula is C10H14BrN. The van der Waals surface area contributed by atoms with E-state index < -0.39 is 0 Å². The third kappa shape index (κ3) is 2.59. The molecule has 0 saturated heterocycles. The third-order valence-electron chi connectivity index (χ3n) is 1.91. The summed E-state index contributed by atoms with van der Waals surface area (Å²) < 4.78 is 0. The number of hydrogen-bond donors (Lipinski definition) is 0. The van der Waals surface area contributed by atoms with E-state index in [2.05, 4.69) is 33.9 Å². The molecule has 0 atom stereocenters. The van der Waals surface area contributed by atoms with E-state index in [1.165, 1.54) is 24.1 Å². The third-order valence-corrected chi connectivity index (χ3v) is 2.44. The standard InChI is InChI=1S/C10H14BrN/c1-2-3-5-9-6-4-7-12-10(9)8-11/h4,6-7H,2-3,5,8H2,1H3. The van der Waals surface area contributed by atoms with Crippen LogP contribution in [0.4, 0.5) is 0 Å². The molecule has 1 aromatic rings. The molecule has 2 heteroatoms. The summed E-state index contributed by atoms with van der Waals surface area (Å²) in [6.45, 7) is 2.21. The largest absolute Gasteiger partial charge is 0.260 e. The summed E-state index contributed by atoms with van der Waals surface area (Å²) >= 11 is 3.44. The molecule has 0 aliphatic carbocycles. The van der Waals surface area contributed by atoms with Crippen molar-refractivity contribution in [2.45, 2.75) is 31.5 Å². The van der Waals surface area contributed by atoms with Crippen molar-refractivity contribution >= 4 is 15.9 Å². The first-order valence-corrected chi connectivity index (χ1v) is 5.49. The van der Waals surface area contributed by atoms with Gasteiger partial charge in [-0.05, 0) is 24.5 Å². The Kier molecular flexibility index (Phi) is 4.30. The zero-order valence-electron chi connectivity index (χ0n) is 7.39. The van der Waals surface area contributed by atoms with Crippen LogP contribution in [0.3, 0.4) is 0 Å². The first kappa shape index (κ1) is 9.72. The van der Waals surface area contributed by atoms with Crippen molar-refractivity contribution in [1.29, 1.82) is 0 Å². The fraction of sp³-hybridized carbons (Fsp3) is 0.500. The molecule has 0 aliphatic rings. The summed E-state index contributed by atoms with van der Waals surface area (Å²) in [4.78, 5) is 4.30. The average Bonchev–Trinajstić information content (AvgIpc) is 2.15. The van der Waals surface area contributed by atoms with Crippen LogP contribution in [0.15, 0.2) is 18.3 Å². The molecule has 0 aromatic carbocycles. The first-order chi connectivity index (χ1) is 5.88. The molecule has 66 valence electrons. The normalized spacial score (nSPS) is 10.2. The molecule has 0 aliphatic heterocycles. The van der Waals surface area contributed by atoms with Crippen LogP contribution in [-0.2, 0) is 11.8 Å². The summed E-state index contributed by atoms with van der Waals surface area (Å²) in [5, 5.41) is 0.868. The van der Waals surface area contributed by atoms with Crippen LogP contribution in [0.1, 0.15) is 31.0 Å². The van der Waals surface area contributed by atoms with Gasteiger partial charge in [-0.25, -0.2) is 0 Å². The number of alkyl halides is 1. The lowest BCUT2D eigenvalue weighted by molar-refractivity contribution is 0.786. The van der Waals surface area contributed by atoms with E-state index in [1.807, 2.05) is 12.3 Å². The molecule has 0 fully saturated rings.